The summed E-state index contributed by atoms with van der Waals surface area (Å²) in [5.74, 6) is -0.404. The number of aromatic nitrogens is 1. The highest BCUT2D eigenvalue weighted by atomic mass is 16.2. The molecule has 0 aliphatic carbocycles. The number of para-hydroxylation sites is 1. The lowest BCUT2D eigenvalue weighted by molar-refractivity contribution is -0.121. The molecule has 1 fully saturated rings. The summed E-state index contributed by atoms with van der Waals surface area (Å²) in [7, 11) is 0. The number of amides is 2. The van der Waals surface area contributed by atoms with Crippen LogP contribution in [0.3, 0.4) is 0 Å². The third kappa shape index (κ3) is 2.65. The van der Waals surface area contributed by atoms with Gasteiger partial charge in [-0.3, -0.25) is 9.59 Å². The smallest absolute Gasteiger partial charge is 0.273 e. The van der Waals surface area contributed by atoms with Gasteiger partial charge in [0.25, 0.3) is 5.91 Å². The maximum absolute atomic E-state index is 12.5. The molecule has 6 nitrogen and oxygen atoms in total. The van der Waals surface area contributed by atoms with Crippen molar-refractivity contribution in [3.05, 3.63) is 36.0 Å². The summed E-state index contributed by atoms with van der Waals surface area (Å²) in [5, 5.41) is 3.57. The summed E-state index contributed by atoms with van der Waals surface area (Å²) in [5.41, 5.74) is 7.47. The number of benzene rings is 1. The second-order valence-corrected chi connectivity index (χ2v) is 5.04. The molecule has 3 rings (SSSR count). The van der Waals surface area contributed by atoms with E-state index in [0.29, 0.717) is 24.3 Å². The Morgan fingerprint density at radius 1 is 1.33 bits per heavy atom. The molecular formula is C15H16N4O2. The van der Waals surface area contributed by atoms with Gasteiger partial charge in [0.15, 0.2) is 0 Å². The van der Waals surface area contributed by atoms with Crippen molar-refractivity contribution < 1.29 is 9.59 Å². The molecule has 1 aromatic heterocycles. The Bertz CT molecular complexity index is 714. The van der Waals surface area contributed by atoms with Crippen molar-refractivity contribution in [3.8, 4) is 0 Å². The van der Waals surface area contributed by atoms with Gasteiger partial charge in [0, 0.05) is 24.2 Å². The molecule has 0 bridgehead atoms. The van der Waals surface area contributed by atoms with Crippen LogP contribution in [0.25, 0.3) is 10.9 Å². The predicted octanol–water partition coefficient (Wildman–Crippen LogP) is 0.779. The molecule has 21 heavy (non-hydrogen) atoms. The summed E-state index contributed by atoms with van der Waals surface area (Å²) in [6.45, 7) is 1.19. The summed E-state index contributed by atoms with van der Waals surface area (Å²) in [6, 6.07) is 8.99. The first-order chi connectivity index (χ1) is 10.1. The van der Waals surface area contributed by atoms with Gasteiger partial charge < -0.3 is 16.0 Å². The van der Waals surface area contributed by atoms with Crippen molar-refractivity contribution in [3.63, 3.8) is 0 Å². The van der Waals surface area contributed by atoms with Crippen LogP contribution in [-0.4, -0.2) is 41.3 Å². The fourth-order valence-electron chi connectivity index (χ4n) is 2.45. The molecule has 2 aromatic rings. The highest BCUT2D eigenvalue weighted by molar-refractivity contribution is 6.00. The van der Waals surface area contributed by atoms with Crippen molar-refractivity contribution in [2.75, 3.05) is 25.4 Å². The average molecular weight is 284 g/mol. The summed E-state index contributed by atoms with van der Waals surface area (Å²) in [4.78, 5) is 30.0. The SMILES string of the molecule is Nc1cc(C(=O)N2CCCNC(=O)C2)nc2ccccc12. The summed E-state index contributed by atoms with van der Waals surface area (Å²) in [6.07, 6.45) is 0.737. The number of fused-ring (bicyclic) bond motifs is 1. The molecule has 0 saturated carbocycles. The number of nitrogens with two attached hydrogens (primary N) is 1. The van der Waals surface area contributed by atoms with Gasteiger partial charge >= 0.3 is 0 Å². The normalized spacial score (nSPS) is 15.6. The van der Waals surface area contributed by atoms with Crippen LogP contribution in [0.4, 0.5) is 5.69 Å². The minimum absolute atomic E-state index is 0.0627. The van der Waals surface area contributed by atoms with Crippen LogP contribution in [0, 0.1) is 0 Å². The van der Waals surface area contributed by atoms with Gasteiger partial charge in [-0.15, -0.1) is 0 Å². The Labute approximate surface area is 121 Å². The number of pyridine rings is 1. The largest absolute Gasteiger partial charge is 0.398 e. The Kier molecular flexibility index (Phi) is 3.43. The Morgan fingerprint density at radius 3 is 3.00 bits per heavy atom. The van der Waals surface area contributed by atoms with E-state index in [2.05, 4.69) is 10.3 Å². The Balaban J connectivity index is 1.95. The van der Waals surface area contributed by atoms with Crippen molar-refractivity contribution >= 4 is 28.4 Å². The topological polar surface area (TPSA) is 88.3 Å². The van der Waals surface area contributed by atoms with E-state index in [1.807, 2.05) is 24.3 Å². The fourth-order valence-corrected chi connectivity index (χ4v) is 2.45. The van der Waals surface area contributed by atoms with Gasteiger partial charge in [-0.1, -0.05) is 18.2 Å². The van der Waals surface area contributed by atoms with Crippen molar-refractivity contribution in [2.24, 2.45) is 0 Å². The van der Waals surface area contributed by atoms with Crippen LogP contribution in [0.15, 0.2) is 30.3 Å². The molecule has 108 valence electrons. The van der Waals surface area contributed by atoms with Crippen LogP contribution in [0.5, 0.6) is 0 Å². The van der Waals surface area contributed by atoms with E-state index in [-0.39, 0.29) is 24.1 Å². The zero-order valence-electron chi connectivity index (χ0n) is 11.5. The minimum Gasteiger partial charge on any atom is -0.398 e. The first kappa shape index (κ1) is 13.4. The average Bonchev–Trinajstić information content (AvgIpc) is 2.71. The third-order valence-corrected chi connectivity index (χ3v) is 3.52. The number of anilines is 1. The number of nitrogens with zero attached hydrogens (tertiary/aromatic N) is 2. The summed E-state index contributed by atoms with van der Waals surface area (Å²) < 4.78 is 0. The van der Waals surface area contributed by atoms with E-state index in [9.17, 15) is 9.59 Å². The van der Waals surface area contributed by atoms with Crippen LogP contribution < -0.4 is 11.1 Å². The van der Waals surface area contributed by atoms with E-state index in [0.717, 1.165) is 11.8 Å². The first-order valence-corrected chi connectivity index (χ1v) is 6.86. The molecular weight excluding hydrogens is 268 g/mol. The van der Waals surface area contributed by atoms with Crippen LogP contribution in [-0.2, 0) is 4.79 Å². The quantitative estimate of drug-likeness (QED) is 0.810. The van der Waals surface area contributed by atoms with Crippen molar-refractivity contribution in [2.45, 2.75) is 6.42 Å². The monoisotopic (exact) mass is 284 g/mol. The first-order valence-electron chi connectivity index (χ1n) is 6.86. The summed E-state index contributed by atoms with van der Waals surface area (Å²) >= 11 is 0. The van der Waals surface area contributed by atoms with Gasteiger partial charge in [-0.05, 0) is 18.6 Å². The number of hydrogen-bond acceptors (Lipinski definition) is 4. The van der Waals surface area contributed by atoms with E-state index >= 15 is 0 Å². The van der Waals surface area contributed by atoms with Gasteiger partial charge in [-0.2, -0.15) is 0 Å². The van der Waals surface area contributed by atoms with Crippen LogP contribution in [0.1, 0.15) is 16.9 Å². The standard InChI is InChI=1S/C15H16N4O2/c16-11-8-13(18-12-5-2-1-4-10(11)12)15(21)19-7-3-6-17-14(20)9-19/h1-2,4-5,8H,3,6-7,9H2,(H2,16,18)(H,17,20). The molecule has 2 heterocycles. The van der Waals surface area contributed by atoms with E-state index < -0.39 is 0 Å². The molecule has 1 saturated heterocycles. The number of nitrogen functional groups attached to an aromatic ring is 1. The lowest BCUT2D eigenvalue weighted by Gasteiger charge is -2.18. The Morgan fingerprint density at radius 2 is 2.14 bits per heavy atom. The van der Waals surface area contributed by atoms with Gasteiger partial charge in [0.05, 0.1) is 12.1 Å². The highest BCUT2D eigenvalue weighted by Crippen LogP contribution is 2.21. The van der Waals surface area contributed by atoms with E-state index in [1.165, 1.54) is 4.90 Å². The molecule has 3 N–H and O–H groups in total. The highest BCUT2D eigenvalue weighted by Gasteiger charge is 2.22. The van der Waals surface area contributed by atoms with E-state index in [4.69, 9.17) is 5.73 Å². The lowest BCUT2D eigenvalue weighted by atomic mass is 10.1. The molecule has 0 atom stereocenters. The maximum atomic E-state index is 12.5. The second-order valence-electron chi connectivity index (χ2n) is 5.04. The number of rotatable bonds is 1. The second kappa shape index (κ2) is 5.40. The number of carbonyl (C=O) groups is 2. The van der Waals surface area contributed by atoms with Gasteiger partial charge in [0.1, 0.15) is 5.69 Å². The zero-order valence-corrected chi connectivity index (χ0v) is 11.5. The van der Waals surface area contributed by atoms with Gasteiger partial charge in [-0.25, -0.2) is 4.98 Å². The molecule has 0 unspecified atom stereocenters. The molecule has 0 radical (unpaired) electrons. The predicted molar refractivity (Wildman–Crippen MR) is 79.7 cm³/mol. The molecule has 1 aromatic carbocycles. The third-order valence-electron chi connectivity index (χ3n) is 3.52. The molecule has 2 amide bonds. The van der Waals surface area contributed by atoms with E-state index in [1.54, 1.807) is 6.07 Å². The lowest BCUT2D eigenvalue weighted by Crippen LogP contribution is -2.37. The number of carbonyl (C=O) groups excluding carboxylic acids is 2. The zero-order chi connectivity index (χ0) is 14.8. The van der Waals surface area contributed by atoms with Gasteiger partial charge in [0.2, 0.25) is 5.91 Å². The van der Waals surface area contributed by atoms with Crippen molar-refractivity contribution in [1.82, 2.24) is 15.2 Å². The van der Waals surface area contributed by atoms with Crippen LogP contribution in [0.2, 0.25) is 0 Å². The molecule has 1 aliphatic heterocycles. The number of nitrogens with one attached hydrogen (secondary N) is 1. The maximum Gasteiger partial charge on any atom is 0.273 e. The van der Waals surface area contributed by atoms with Crippen molar-refractivity contribution in [1.29, 1.82) is 0 Å². The number of hydrogen-bond donors (Lipinski definition) is 2. The fraction of sp³-hybridized carbons (Fsp3) is 0.267. The molecule has 0 spiro atoms. The Hall–Kier alpha value is -2.63. The van der Waals surface area contributed by atoms with Crippen LogP contribution >= 0.6 is 0 Å². The molecule has 6 heteroatoms. The molecule has 1 aliphatic rings. The minimum atomic E-state index is -0.260.